The second-order valence-corrected chi connectivity index (χ2v) is 9.58. The molecule has 0 heterocycles. The van der Waals surface area contributed by atoms with Gasteiger partial charge in [-0.3, -0.25) is 9.59 Å². The van der Waals surface area contributed by atoms with Gasteiger partial charge < -0.3 is 10.2 Å². The lowest BCUT2D eigenvalue weighted by atomic mass is 9.47. The molecule has 4 aliphatic carbocycles. The number of ketones is 2. The van der Waals surface area contributed by atoms with Crippen LogP contribution in [-0.2, 0) is 9.59 Å². The van der Waals surface area contributed by atoms with E-state index in [0.717, 1.165) is 37.7 Å². The smallest absolute Gasteiger partial charge is 0.181 e. The quantitative estimate of drug-likeness (QED) is 0.791. The highest BCUT2D eigenvalue weighted by Gasteiger charge is 2.62. The maximum Gasteiger partial charge on any atom is 0.181 e. The van der Waals surface area contributed by atoms with Crippen molar-refractivity contribution in [3.63, 3.8) is 0 Å². The zero-order chi connectivity index (χ0) is 18.9. The molecule has 0 amide bonds. The van der Waals surface area contributed by atoms with Gasteiger partial charge in [-0.1, -0.05) is 19.4 Å². The highest BCUT2D eigenvalue weighted by Crippen LogP contribution is 2.67. The van der Waals surface area contributed by atoms with Crippen molar-refractivity contribution in [1.82, 2.24) is 0 Å². The SMILES string of the molecule is CC1CC2C3CCC4=CC(=O)C=C(O)C4(C)C3CCC2(C)C1C(=O)CO. The summed E-state index contributed by atoms with van der Waals surface area (Å²) >= 11 is 0. The predicted octanol–water partition coefficient (Wildman–Crippen LogP) is 3.60. The molecule has 7 atom stereocenters. The van der Waals surface area contributed by atoms with Gasteiger partial charge in [-0.15, -0.1) is 0 Å². The van der Waals surface area contributed by atoms with E-state index in [0.29, 0.717) is 23.7 Å². The topological polar surface area (TPSA) is 74.6 Å². The number of allylic oxidation sites excluding steroid dienone is 3. The van der Waals surface area contributed by atoms with Crippen molar-refractivity contribution >= 4 is 11.6 Å². The van der Waals surface area contributed by atoms with Gasteiger partial charge in [0.05, 0.1) is 0 Å². The van der Waals surface area contributed by atoms with Crippen LogP contribution in [0.1, 0.15) is 52.9 Å². The van der Waals surface area contributed by atoms with Crippen LogP contribution < -0.4 is 0 Å². The second kappa shape index (κ2) is 5.79. The summed E-state index contributed by atoms with van der Waals surface area (Å²) in [5.41, 5.74) is 0.601. The van der Waals surface area contributed by atoms with Crippen molar-refractivity contribution in [2.24, 2.45) is 40.4 Å². The Morgan fingerprint density at radius 1 is 1.23 bits per heavy atom. The Balaban J connectivity index is 1.71. The summed E-state index contributed by atoms with van der Waals surface area (Å²) in [5.74, 6) is 1.59. The molecule has 0 aliphatic heterocycles. The standard InChI is InChI=1S/C22H30O4/c1-12-8-17-15-5-4-13-9-14(24)10-19(26)22(13,3)16(15)6-7-21(17,2)20(12)18(25)11-23/h9-10,12,15-17,20,23,26H,4-8,11H2,1-3H3. The van der Waals surface area contributed by atoms with Crippen LogP contribution in [0.15, 0.2) is 23.5 Å². The lowest BCUT2D eigenvalue weighted by molar-refractivity contribution is -0.134. The van der Waals surface area contributed by atoms with Crippen molar-refractivity contribution in [2.45, 2.75) is 52.9 Å². The fourth-order valence-corrected chi connectivity index (χ4v) is 7.45. The van der Waals surface area contributed by atoms with Gasteiger partial charge in [0.15, 0.2) is 11.6 Å². The molecule has 0 aromatic carbocycles. The first-order valence-corrected chi connectivity index (χ1v) is 10.0. The molecule has 2 N–H and O–H groups in total. The largest absolute Gasteiger partial charge is 0.511 e. The molecule has 142 valence electrons. The summed E-state index contributed by atoms with van der Waals surface area (Å²) in [6.45, 7) is 6.15. The molecule has 26 heavy (non-hydrogen) atoms. The number of carbonyl (C=O) groups is 2. The van der Waals surface area contributed by atoms with Crippen LogP contribution in [0, 0.1) is 40.4 Å². The first-order valence-electron chi connectivity index (χ1n) is 10.0. The number of aliphatic hydroxyl groups excluding tert-OH is 2. The Bertz CT molecular complexity index is 720. The minimum absolute atomic E-state index is 0.00504. The fraction of sp³-hybridized carbons (Fsp3) is 0.727. The fourth-order valence-electron chi connectivity index (χ4n) is 7.45. The third-order valence-electron chi connectivity index (χ3n) is 8.57. The monoisotopic (exact) mass is 358 g/mol. The first kappa shape index (κ1) is 18.0. The zero-order valence-corrected chi connectivity index (χ0v) is 16.0. The number of fused-ring (bicyclic) bond motifs is 5. The minimum Gasteiger partial charge on any atom is -0.511 e. The van der Waals surface area contributed by atoms with E-state index >= 15 is 0 Å². The lowest BCUT2D eigenvalue weighted by Gasteiger charge is -2.57. The Labute approximate surface area is 155 Å². The molecule has 3 saturated carbocycles. The Hall–Kier alpha value is -1.42. The predicted molar refractivity (Wildman–Crippen MR) is 98.3 cm³/mol. The van der Waals surface area contributed by atoms with Gasteiger partial charge in [0, 0.05) is 17.4 Å². The van der Waals surface area contributed by atoms with Gasteiger partial charge in [0.1, 0.15) is 12.4 Å². The van der Waals surface area contributed by atoms with Crippen LogP contribution in [0.5, 0.6) is 0 Å². The third kappa shape index (κ3) is 2.17. The molecule has 3 fully saturated rings. The van der Waals surface area contributed by atoms with Gasteiger partial charge in [-0.2, -0.15) is 0 Å². The van der Waals surface area contributed by atoms with Gasteiger partial charge in [-0.25, -0.2) is 0 Å². The van der Waals surface area contributed by atoms with Crippen LogP contribution in [0.3, 0.4) is 0 Å². The molecule has 4 rings (SSSR count). The zero-order valence-electron chi connectivity index (χ0n) is 16.0. The summed E-state index contributed by atoms with van der Waals surface area (Å²) < 4.78 is 0. The summed E-state index contributed by atoms with van der Waals surface area (Å²) in [6.07, 6.45) is 7.94. The normalized spacial score (nSPS) is 47.4. The number of hydrogen-bond acceptors (Lipinski definition) is 4. The number of rotatable bonds is 2. The van der Waals surface area contributed by atoms with Gasteiger partial charge in [0.25, 0.3) is 0 Å². The van der Waals surface area contributed by atoms with Crippen molar-refractivity contribution in [3.8, 4) is 0 Å². The van der Waals surface area contributed by atoms with Crippen LogP contribution in [0.4, 0.5) is 0 Å². The van der Waals surface area contributed by atoms with Crippen molar-refractivity contribution in [2.75, 3.05) is 6.61 Å². The molecular formula is C22H30O4. The molecule has 4 aliphatic rings. The molecular weight excluding hydrogens is 328 g/mol. The number of hydrogen-bond donors (Lipinski definition) is 2. The average Bonchev–Trinajstić information content (AvgIpc) is 2.86. The number of aliphatic hydroxyl groups is 2. The van der Waals surface area contributed by atoms with Crippen LogP contribution in [-0.4, -0.2) is 28.4 Å². The summed E-state index contributed by atoms with van der Waals surface area (Å²) in [4.78, 5) is 24.4. The molecule has 0 bridgehead atoms. The molecule has 0 aromatic heterocycles. The van der Waals surface area contributed by atoms with Crippen LogP contribution in [0.25, 0.3) is 0 Å². The highest BCUT2D eigenvalue weighted by atomic mass is 16.3. The van der Waals surface area contributed by atoms with E-state index < -0.39 is 5.41 Å². The van der Waals surface area contributed by atoms with Crippen molar-refractivity contribution in [1.29, 1.82) is 0 Å². The van der Waals surface area contributed by atoms with E-state index in [-0.39, 0.29) is 35.3 Å². The summed E-state index contributed by atoms with van der Waals surface area (Å²) in [6, 6.07) is 0. The maximum absolute atomic E-state index is 12.5. The van der Waals surface area contributed by atoms with E-state index in [9.17, 15) is 19.8 Å². The second-order valence-electron chi connectivity index (χ2n) is 9.58. The molecule has 4 nitrogen and oxygen atoms in total. The molecule has 7 unspecified atom stereocenters. The Morgan fingerprint density at radius 3 is 2.65 bits per heavy atom. The number of Topliss-reactive ketones (excluding diaryl/α,β-unsaturated/α-hetero) is 1. The molecule has 0 saturated heterocycles. The molecule has 4 heteroatoms. The Morgan fingerprint density at radius 2 is 1.96 bits per heavy atom. The molecule has 0 spiro atoms. The van der Waals surface area contributed by atoms with Crippen LogP contribution >= 0.6 is 0 Å². The van der Waals surface area contributed by atoms with E-state index in [1.165, 1.54) is 6.08 Å². The summed E-state index contributed by atoms with van der Waals surface area (Å²) in [7, 11) is 0. The minimum atomic E-state index is -0.430. The third-order valence-corrected chi connectivity index (χ3v) is 8.57. The lowest BCUT2D eigenvalue weighted by Crippen LogP contribution is -2.51. The van der Waals surface area contributed by atoms with Crippen LogP contribution in [0.2, 0.25) is 0 Å². The number of carbonyl (C=O) groups excluding carboxylic acids is 2. The average molecular weight is 358 g/mol. The molecule has 0 radical (unpaired) electrons. The van der Waals surface area contributed by atoms with Gasteiger partial charge in [0.2, 0.25) is 0 Å². The highest BCUT2D eigenvalue weighted by molar-refractivity contribution is 6.01. The Kier molecular flexibility index (Phi) is 4.00. The van der Waals surface area contributed by atoms with E-state index in [1.54, 1.807) is 6.08 Å². The van der Waals surface area contributed by atoms with Crippen molar-refractivity contribution in [3.05, 3.63) is 23.5 Å². The molecule has 0 aromatic rings. The first-order chi connectivity index (χ1) is 12.2. The van der Waals surface area contributed by atoms with E-state index in [4.69, 9.17) is 0 Å². The van der Waals surface area contributed by atoms with E-state index in [1.807, 2.05) is 0 Å². The summed E-state index contributed by atoms with van der Waals surface area (Å²) in [5, 5.41) is 20.2. The van der Waals surface area contributed by atoms with E-state index in [2.05, 4.69) is 20.8 Å². The maximum atomic E-state index is 12.5. The van der Waals surface area contributed by atoms with Gasteiger partial charge >= 0.3 is 0 Å². The van der Waals surface area contributed by atoms with Crippen molar-refractivity contribution < 1.29 is 19.8 Å². The van der Waals surface area contributed by atoms with Gasteiger partial charge in [-0.05, 0) is 74.2 Å².